The molecule has 3 rings (SSSR count). The summed E-state index contributed by atoms with van der Waals surface area (Å²) < 4.78 is 1.64. The van der Waals surface area contributed by atoms with E-state index >= 15 is 0 Å². The maximum Gasteiger partial charge on any atom is 0.270 e. The molecule has 2 heterocycles. The van der Waals surface area contributed by atoms with Gasteiger partial charge in [0.05, 0.1) is 10.8 Å². The first-order valence-electron chi connectivity index (χ1n) is 8.29. The van der Waals surface area contributed by atoms with E-state index in [0.717, 1.165) is 5.69 Å². The summed E-state index contributed by atoms with van der Waals surface area (Å²) in [7, 11) is 0. The van der Waals surface area contributed by atoms with Gasteiger partial charge in [0.25, 0.3) is 5.91 Å². The zero-order chi connectivity index (χ0) is 19.4. The fourth-order valence-electron chi connectivity index (χ4n) is 2.66. The Morgan fingerprint density at radius 2 is 1.89 bits per heavy atom. The van der Waals surface area contributed by atoms with Gasteiger partial charge in [-0.15, -0.1) is 0 Å². The van der Waals surface area contributed by atoms with E-state index in [1.165, 1.54) is 11.8 Å². The number of nitrogens with one attached hydrogen (secondary N) is 1. The second-order valence-electron chi connectivity index (χ2n) is 5.93. The number of nitrogens with zero attached hydrogens (tertiary/aromatic N) is 2. The van der Waals surface area contributed by atoms with Crippen LogP contribution in [0.1, 0.15) is 32.1 Å². The fourth-order valence-corrected chi connectivity index (χ4v) is 3.71. The quantitative estimate of drug-likeness (QED) is 0.489. The first-order valence-corrected chi connectivity index (χ1v) is 9.65. The SMILES string of the molecule is Cc1cc(C(=O)CSc2ncccc2Cl)c(C)n1NC(=O)c1ccccc1. The molecular formula is C20H18ClN3O2S. The van der Waals surface area contributed by atoms with Crippen LogP contribution in [0.5, 0.6) is 0 Å². The van der Waals surface area contributed by atoms with E-state index in [4.69, 9.17) is 11.6 Å². The van der Waals surface area contributed by atoms with Gasteiger partial charge in [-0.3, -0.25) is 19.7 Å². The standard InChI is InChI=1S/C20H18ClN3O2S/c1-13-11-16(18(25)12-27-20-17(21)9-6-10-22-20)14(2)24(13)23-19(26)15-7-4-3-5-8-15/h3-11H,12H2,1-2H3,(H,23,26). The first-order chi connectivity index (χ1) is 13.0. The Morgan fingerprint density at radius 1 is 1.15 bits per heavy atom. The number of hydrogen-bond acceptors (Lipinski definition) is 4. The average molecular weight is 400 g/mol. The van der Waals surface area contributed by atoms with E-state index in [-0.39, 0.29) is 17.4 Å². The topological polar surface area (TPSA) is 64.0 Å². The Morgan fingerprint density at radius 3 is 2.59 bits per heavy atom. The van der Waals surface area contributed by atoms with Crippen molar-refractivity contribution in [3.05, 3.63) is 82.3 Å². The van der Waals surface area contributed by atoms with Gasteiger partial charge in [0.2, 0.25) is 0 Å². The van der Waals surface area contributed by atoms with Gasteiger partial charge in [0.1, 0.15) is 5.03 Å². The van der Waals surface area contributed by atoms with Gasteiger partial charge >= 0.3 is 0 Å². The Bertz CT molecular complexity index is 986. The molecule has 2 aromatic heterocycles. The number of halogens is 1. The van der Waals surface area contributed by atoms with Gasteiger partial charge in [-0.2, -0.15) is 0 Å². The Hall–Kier alpha value is -2.57. The molecule has 1 N–H and O–H groups in total. The molecule has 0 fully saturated rings. The summed E-state index contributed by atoms with van der Waals surface area (Å²) in [6.07, 6.45) is 1.64. The summed E-state index contributed by atoms with van der Waals surface area (Å²) in [5, 5.41) is 1.15. The number of pyridine rings is 1. The highest BCUT2D eigenvalue weighted by Gasteiger charge is 2.18. The zero-order valence-corrected chi connectivity index (χ0v) is 16.5. The van der Waals surface area contributed by atoms with Crippen LogP contribution in [-0.2, 0) is 0 Å². The second kappa shape index (κ2) is 8.41. The van der Waals surface area contributed by atoms with Gasteiger partial charge in [0.15, 0.2) is 5.78 Å². The highest BCUT2D eigenvalue weighted by molar-refractivity contribution is 8.00. The molecule has 0 saturated heterocycles. The predicted octanol–water partition coefficient (Wildman–Crippen LogP) is 4.51. The van der Waals surface area contributed by atoms with Crippen molar-refractivity contribution in [3.63, 3.8) is 0 Å². The molecule has 3 aromatic rings. The molecule has 5 nitrogen and oxygen atoms in total. The van der Waals surface area contributed by atoms with Crippen molar-refractivity contribution in [1.82, 2.24) is 9.66 Å². The largest absolute Gasteiger partial charge is 0.293 e. The first kappa shape index (κ1) is 19.2. The number of amides is 1. The lowest BCUT2D eigenvalue weighted by molar-refractivity contribution is 0.0999. The van der Waals surface area contributed by atoms with E-state index in [0.29, 0.717) is 26.9 Å². The van der Waals surface area contributed by atoms with Gasteiger partial charge in [-0.25, -0.2) is 4.98 Å². The number of carbonyl (C=O) groups excluding carboxylic acids is 2. The minimum atomic E-state index is -0.231. The van der Waals surface area contributed by atoms with E-state index in [9.17, 15) is 9.59 Å². The maximum absolute atomic E-state index is 12.7. The summed E-state index contributed by atoms with van der Waals surface area (Å²) in [5.41, 5.74) is 5.43. The van der Waals surface area contributed by atoms with Gasteiger partial charge in [-0.1, -0.05) is 41.6 Å². The van der Waals surface area contributed by atoms with Crippen molar-refractivity contribution in [2.24, 2.45) is 0 Å². The monoisotopic (exact) mass is 399 g/mol. The van der Waals surface area contributed by atoms with Crippen molar-refractivity contribution in [3.8, 4) is 0 Å². The van der Waals surface area contributed by atoms with E-state index < -0.39 is 0 Å². The van der Waals surface area contributed by atoms with Gasteiger partial charge in [0, 0.05) is 28.7 Å². The van der Waals surface area contributed by atoms with Gasteiger partial charge < -0.3 is 0 Å². The number of aryl methyl sites for hydroxylation is 1. The summed E-state index contributed by atoms with van der Waals surface area (Å²) in [6, 6.07) is 14.2. The van der Waals surface area contributed by atoms with Crippen LogP contribution in [0.4, 0.5) is 0 Å². The molecule has 0 radical (unpaired) electrons. The molecule has 0 aliphatic heterocycles. The molecule has 0 saturated carbocycles. The molecule has 1 amide bonds. The Balaban J connectivity index is 1.74. The second-order valence-corrected chi connectivity index (χ2v) is 7.30. The molecule has 1 aromatic carbocycles. The normalized spacial score (nSPS) is 10.6. The lowest BCUT2D eigenvalue weighted by Crippen LogP contribution is -2.25. The van der Waals surface area contributed by atoms with E-state index in [1.807, 2.05) is 19.9 Å². The number of rotatable bonds is 6. The van der Waals surface area contributed by atoms with E-state index in [1.54, 1.807) is 53.3 Å². The van der Waals surface area contributed by atoms with Crippen LogP contribution in [0.3, 0.4) is 0 Å². The van der Waals surface area contributed by atoms with Crippen LogP contribution >= 0.6 is 23.4 Å². The lowest BCUT2D eigenvalue weighted by Gasteiger charge is -2.11. The molecule has 0 aliphatic carbocycles. The average Bonchev–Trinajstić information content (AvgIpc) is 2.96. The van der Waals surface area contributed by atoms with Crippen molar-refractivity contribution >= 4 is 35.1 Å². The number of Topliss-reactive ketones (excluding diaryl/α,β-unsaturated/α-hetero) is 1. The number of aromatic nitrogens is 2. The van der Waals surface area contributed by atoms with Crippen LogP contribution in [0.25, 0.3) is 0 Å². The molecule has 7 heteroatoms. The molecule has 0 bridgehead atoms. The molecule has 0 aliphatic rings. The third-order valence-corrected chi connectivity index (χ3v) is 5.47. The van der Waals surface area contributed by atoms with E-state index in [2.05, 4.69) is 10.4 Å². The van der Waals surface area contributed by atoms with Crippen LogP contribution in [-0.4, -0.2) is 27.1 Å². The number of benzene rings is 1. The summed E-state index contributed by atoms with van der Waals surface area (Å²) >= 11 is 7.38. The zero-order valence-electron chi connectivity index (χ0n) is 14.9. The highest BCUT2D eigenvalue weighted by Crippen LogP contribution is 2.25. The molecule has 0 unspecified atom stereocenters. The Labute approximate surface area is 166 Å². The number of carbonyl (C=O) groups is 2. The number of ketones is 1. The van der Waals surface area contributed by atoms with Crippen molar-refractivity contribution < 1.29 is 9.59 Å². The number of hydrogen-bond donors (Lipinski definition) is 1. The molecule has 0 spiro atoms. The van der Waals surface area contributed by atoms with Crippen molar-refractivity contribution in [2.45, 2.75) is 18.9 Å². The molecule has 0 atom stereocenters. The molecular weight excluding hydrogens is 382 g/mol. The summed E-state index contributed by atoms with van der Waals surface area (Å²) in [4.78, 5) is 29.2. The summed E-state index contributed by atoms with van der Waals surface area (Å²) in [5.74, 6) is -0.0609. The maximum atomic E-state index is 12.7. The van der Waals surface area contributed by atoms with Gasteiger partial charge in [-0.05, 0) is 44.2 Å². The van der Waals surface area contributed by atoms with Crippen LogP contribution in [0.15, 0.2) is 59.8 Å². The van der Waals surface area contributed by atoms with Crippen LogP contribution in [0, 0.1) is 13.8 Å². The highest BCUT2D eigenvalue weighted by atomic mass is 35.5. The molecule has 27 heavy (non-hydrogen) atoms. The Kier molecular flexibility index (Phi) is 5.98. The van der Waals surface area contributed by atoms with Crippen molar-refractivity contribution in [1.29, 1.82) is 0 Å². The lowest BCUT2D eigenvalue weighted by atomic mass is 10.2. The van der Waals surface area contributed by atoms with Crippen molar-refractivity contribution in [2.75, 3.05) is 11.2 Å². The van der Waals surface area contributed by atoms with Crippen LogP contribution in [0.2, 0.25) is 5.02 Å². The molecule has 138 valence electrons. The van der Waals surface area contributed by atoms with Crippen LogP contribution < -0.4 is 5.43 Å². The third-order valence-electron chi connectivity index (χ3n) is 4.05. The smallest absolute Gasteiger partial charge is 0.270 e. The minimum Gasteiger partial charge on any atom is -0.293 e. The summed E-state index contributed by atoms with van der Waals surface area (Å²) in [6.45, 7) is 3.65. The predicted molar refractivity (Wildman–Crippen MR) is 108 cm³/mol. The fraction of sp³-hybridized carbons (Fsp3) is 0.150. The third kappa shape index (κ3) is 4.40. The minimum absolute atomic E-state index is 0.0463. The number of thioether (sulfide) groups is 1.